The molecule has 1 atom stereocenters. The first-order valence-corrected chi connectivity index (χ1v) is 10.9. The molecule has 5 rings (SSSR count). The highest BCUT2D eigenvalue weighted by Gasteiger charge is 2.54. The molecule has 158 valence electrons. The van der Waals surface area contributed by atoms with Crippen LogP contribution in [0.1, 0.15) is 34.7 Å². The number of urea groups is 1. The summed E-state index contributed by atoms with van der Waals surface area (Å²) in [7, 11) is 0. The van der Waals surface area contributed by atoms with E-state index in [2.05, 4.69) is 25.6 Å². The lowest BCUT2D eigenvalue weighted by molar-refractivity contribution is -0.132. The number of aromatic nitrogens is 3. The Morgan fingerprint density at radius 1 is 1.23 bits per heavy atom. The number of anilines is 3. The summed E-state index contributed by atoms with van der Waals surface area (Å²) < 4.78 is 0. The first-order chi connectivity index (χ1) is 15.0. The van der Waals surface area contributed by atoms with Gasteiger partial charge in [0.25, 0.3) is 5.91 Å². The van der Waals surface area contributed by atoms with Crippen molar-refractivity contribution < 1.29 is 9.59 Å². The summed E-state index contributed by atoms with van der Waals surface area (Å²) >= 11 is 1.62. The third-order valence-corrected chi connectivity index (χ3v) is 6.71. The number of nitrogen functional groups attached to an aromatic ring is 1. The van der Waals surface area contributed by atoms with Crippen LogP contribution in [0.25, 0.3) is 0 Å². The molecule has 0 saturated carbocycles. The maximum absolute atomic E-state index is 13.4. The zero-order chi connectivity index (χ0) is 21.6. The molecule has 3 heterocycles. The van der Waals surface area contributed by atoms with Crippen LogP contribution in [0.15, 0.2) is 35.7 Å². The molecule has 1 aliphatic carbocycles. The molecule has 4 N–H and O–H groups in total. The third-order valence-electron chi connectivity index (χ3n) is 5.73. The molecule has 0 bridgehead atoms. The van der Waals surface area contributed by atoms with Gasteiger partial charge in [0.05, 0.1) is 6.54 Å². The first kappa shape index (κ1) is 19.4. The predicted octanol–water partition coefficient (Wildman–Crippen LogP) is 2.85. The topological polar surface area (TPSA) is 126 Å². The number of rotatable bonds is 4. The van der Waals surface area contributed by atoms with Crippen molar-refractivity contribution in [2.75, 3.05) is 11.1 Å². The Balaban J connectivity index is 1.42. The zero-order valence-electron chi connectivity index (χ0n) is 16.9. The van der Waals surface area contributed by atoms with Crippen LogP contribution in [0.4, 0.5) is 22.4 Å². The van der Waals surface area contributed by atoms with E-state index in [0.717, 1.165) is 34.5 Å². The van der Waals surface area contributed by atoms with Crippen molar-refractivity contribution in [2.24, 2.45) is 0 Å². The van der Waals surface area contributed by atoms with Gasteiger partial charge in [-0.05, 0) is 49.3 Å². The van der Waals surface area contributed by atoms with Crippen LogP contribution in [0, 0.1) is 6.92 Å². The number of fused-ring (bicyclic) bond motifs is 2. The molecule has 2 aliphatic rings. The summed E-state index contributed by atoms with van der Waals surface area (Å²) in [6.07, 6.45) is 2.35. The number of thiophene rings is 1. The Morgan fingerprint density at radius 3 is 2.90 bits per heavy atom. The predicted molar refractivity (Wildman–Crippen MR) is 117 cm³/mol. The lowest BCUT2D eigenvalue weighted by Crippen LogP contribution is -2.46. The molecule has 3 amide bonds. The lowest BCUT2D eigenvalue weighted by atomic mass is 9.80. The van der Waals surface area contributed by atoms with E-state index >= 15 is 0 Å². The standard InChI is InChI=1S/C21H21N7O2S/c1-12-5-2-3-6-14(12)23-19-25-16(24-18(22)26-19)11-28-17(29)21(27-20(28)30)9-4-7-15-13(21)8-10-31-15/h2-3,5-6,8,10H,4,7,9,11H2,1H3,(H,27,30)(H3,22,23,24,25,26). The fourth-order valence-electron chi connectivity index (χ4n) is 4.22. The van der Waals surface area contributed by atoms with Crippen LogP contribution in [0.3, 0.4) is 0 Å². The molecule has 1 fully saturated rings. The smallest absolute Gasteiger partial charge is 0.325 e. The molecule has 1 aromatic carbocycles. The van der Waals surface area contributed by atoms with E-state index < -0.39 is 11.6 Å². The van der Waals surface area contributed by atoms with Crippen LogP contribution in [-0.4, -0.2) is 31.8 Å². The average molecular weight is 436 g/mol. The van der Waals surface area contributed by atoms with E-state index in [1.807, 2.05) is 42.6 Å². The van der Waals surface area contributed by atoms with E-state index in [4.69, 9.17) is 5.73 Å². The van der Waals surface area contributed by atoms with Crippen molar-refractivity contribution in [3.8, 4) is 0 Å². The molecule has 3 aromatic rings. The fourth-order valence-corrected chi connectivity index (χ4v) is 5.22. The van der Waals surface area contributed by atoms with Crippen molar-refractivity contribution in [1.29, 1.82) is 0 Å². The van der Waals surface area contributed by atoms with Gasteiger partial charge in [0, 0.05) is 16.1 Å². The van der Waals surface area contributed by atoms with Crippen molar-refractivity contribution in [3.05, 3.63) is 57.5 Å². The SMILES string of the molecule is Cc1ccccc1Nc1nc(N)nc(CN2C(=O)NC3(CCCc4sccc43)C2=O)n1. The number of carbonyl (C=O) groups excluding carboxylic acids is 2. The number of amides is 3. The van der Waals surface area contributed by atoms with Gasteiger partial charge in [-0.2, -0.15) is 15.0 Å². The lowest BCUT2D eigenvalue weighted by Gasteiger charge is -2.31. The Labute approximate surface area is 182 Å². The van der Waals surface area contributed by atoms with Gasteiger partial charge in [-0.15, -0.1) is 11.3 Å². The van der Waals surface area contributed by atoms with Gasteiger partial charge < -0.3 is 16.4 Å². The van der Waals surface area contributed by atoms with Crippen molar-refractivity contribution in [1.82, 2.24) is 25.2 Å². The second kappa shape index (κ2) is 7.31. The van der Waals surface area contributed by atoms with E-state index in [0.29, 0.717) is 6.42 Å². The summed E-state index contributed by atoms with van der Waals surface area (Å²) in [6.45, 7) is 1.88. The average Bonchev–Trinajstić information content (AvgIpc) is 3.30. The highest BCUT2D eigenvalue weighted by atomic mass is 32.1. The van der Waals surface area contributed by atoms with Crippen LogP contribution < -0.4 is 16.4 Å². The molecule has 1 spiro atoms. The van der Waals surface area contributed by atoms with Crippen molar-refractivity contribution in [2.45, 2.75) is 38.3 Å². The normalized spacial score (nSPS) is 20.1. The van der Waals surface area contributed by atoms with Crippen LogP contribution in [-0.2, 0) is 23.3 Å². The fraction of sp³-hybridized carbons (Fsp3) is 0.286. The van der Waals surface area contributed by atoms with E-state index in [9.17, 15) is 9.59 Å². The number of hydrogen-bond acceptors (Lipinski definition) is 8. The number of nitrogens with zero attached hydrogens (tertiary/aromatic N) is 4. The number of imide groups is 1. The van der Waals surface area contributed by atoms with Crippen LogP contribution in [0.5, 0.6) is 0 Å². The number of benzene rings is 1. The van der Waals surface area contributed by atoms with E-state index in [1.54, 1.807) is 11.3 Å². The summed E-state index contributed by atoms with van der Waals surface area (Å²) in [5.74, 6) is 0.242. The van der Waals surface area contributed by atoms with Crippen molar-refractivity contribution in [3.63, 3.8) is 0 Å². The molecular weight excluding hydrogens is 414 g/mol. The molecule has 1 unspecified atom stereocenters. The van der Waals surface area contributed by atoms with Crippen LogP contribution in [0.2, 0.25) is 0 Å². The molecular formula is C21H21N7O2S. The van der Waals surface area contributed by atoms with E-state index in [1.165, 1.54) is 4.90 Å². The molecule has 1 aliphatic heterocycles. The van der Waals surface area contributed by atoms with Gasteiger partial charge in [0.1, 0.15) is 5.54 Å². The monoisotopic (exact) mass is 435 g/mol. The quantitative estimate of drug-likeness (QED) is 0.538. The van der Waals surface area contributed by atoms with Gasteiger partial charge in [-0.25, -0.2) is 4.79 Å². The Hall–Kier alpha value is -3.53. The minimum atomic E-state index is -0.995. The Kier molecular flexibility index (Phi) is 4.58. The molecule has 0 radical (unpaired) electrons. The number of aryl methyl sites for hydroxylation is 2. The largest absolute Gasteiger partial charge is 0.368 e. The highest BCUT2D eigenvalue weighted by molar-refractivity contribution is 7.10. The number of nitrogens with one attached hydrogen (secondary N) is 2. The van der Waals surface area contributed by atoms with Gasteiger partial charge in [0.2, 0.25) is 11.9 Å². The summed E-state index contributed by atoms with van der Waals surface area (Å²) in [6, 6.07) is 9.19. The second-order valence-electron chi connectivity index (χ2n) is 7.71. The maximum atomic E-state index is 13.4. The van der Waals surface area contributed by atoms with E-state index in [-0.39, 0.29) is 30.2 Å². The Bertz CT molecular complexity index is 1190. The third kappa shape index (κ3) is 3.28. The zero-order valence-corrected chi connectivity index (χ0v) is 17.7. The number of carbonyl (C=O) groups is 2. The summed E-state index contributed by atoms with van der Waals surface area (Å²) in [5, 5.41) is 8.02. The summed E-state index contributed by atoms with van der Waals surface area (Å²) in [4.78, 5) is 41.1. The van der Waals surface area contributed by atoms with Gasteiger partial charge in [-0.1, -0.05) is 18.2 Å². The highest BCUT2D eigenvalue weighted by Crippen LogP contribution is 2.42. The number of nitrogens with two attached hydrogens (primary N) is 1. The molecule has 1 saturated heterocycles. The maximum Gasteiger partial charge on any atom is 0.325 e. The molecule has 31 heavy (non-hydrogen) atoms. The minimum absolute atomic E-state index is 0.0145. The molecule has 9 nitrogen and oxygen atoms in total. The van der Waals surface area contributed by atoms with Gasteiger partial charge in [-0.3, -0.25) is 9.69 Å². The van der Waals surface area contributed by atoms with Gasteiger partial charge >= 0.3 is 6.03 Å². The molecule has 10 heteroatoms. The second-order valence-corrected chi connectivity index (χ2v) is 8.71. The first-order valence-electron chi connectivity index (χ1n) is 10.0. The summed E-state index contributed by atoms with van der Waals surface area (Å²) in [5.41, 5.74) is 7.64. The Morgan fingerprint density at radius 2 is 2.06 bits per heavy atom. The number of hydrogen-bond donors (Lipinski definition) is 3. The number of para-hydroxylation sites is 1. The van der Waals surface area contributed by atoms with Crippen molar-refractivity contribution >= 4 is 40.9 Å². The van der Waals surface area contributed by atoms with Crippen LogP contribution >= 0.6 is 11.3 Å². The molecule has 2 aromatic heterocycles. The van der Waals surface area contributed by atoms with Gasteiger partial charge in [0.15, 0.2) is 5.82 Å². The minimum Gasteiger partial charge on any atom is -0.368 e.